The van der Waals surface area contributed by atoms with E-state index in [0.29, 0.717) is 26.4 Å². The van der Waals surface area contributed by atoms with Crippen LogP contribution in [0.3, 0.4) is 0 Å². The zero-order chi connectivity index (χ0) is 15.7. The topological polar surface area (TPSA) is 104 Å². The third-order valence-electron chi connectivity index (χ3n) is 3.20. The summed E-state index contributed by atoms with van der Waals surface area (Å²) in [4.78, 5) is 9.33. The van der Waals surface area contributed by atoms with E-state index in [0.717, 1.165) is 0 Å². The van der Waals surface area contributed by atoms with Crippen LogP contribution in [-0.4, -0.2) is 21.3 Å². The molecule has 1 heterocycles. The van der Waals surface area contributed by atoms with Crippen LogP contribution in [-0.2, 0) is 10.8 Å². The quantitative estimate of drug-likeness (QED) is 0.766. The Balaban J connectivity index is 2.03. The zero-order valence-corrected chi connectivity index (χ0v) is 12.6. The highest BCUT2D eigenvalue weighted by Gasteiger charge is 2.11. The van der Waals surface area contributed by atoms with Crippen molar-refractivity contribution in [3.8, 4) is 5.75 Å². The number of nitrogens with two attached hydrogens (primary N) is 2. The molecule has 3 aromatic rings. The summed E-state index contributed by atoms with van der Waals surface area (Å²) < 4.78 is 17.7. The highest BCUT2D eigenvalue weighted by Crippen LogP contribution is 2.25. The molecule has 0 saturated carbocycles. The molecule has 0 radical (unpaired) electrons. The van der Waals surface area contributed by atoms with E-state index in [1.165, 1.54) is 0 Å². The molecular weight excluding hydrogens is 300 g/mol. The number of anilines is 2. The summed E-state index contributed by atoms with van der Waals surface area (Å²) in [7, 11) is 0.262. The lowest BCUT2D eigenvalue weighted by Crippen LogP contribution is -2.01. The molecule has 22 heavy (non-hydrogen) atoms. The molecule has 3 rings (SSSR count). The van der Waals surface area contributed by atoms with Crippen molar-refractivity contribution in [1.82, 2.24) is 9.97 Å². The average molecular weight is 314 g/mol. The molecule has 0 spiro atoms. The molecule has 7 heteroatoms. The number of ether oxygens (including phenoxy) is 1. The number of hydrogen-bond acceptors (Lipinski definition) is 6. The van der Waals surface area contributed by atoms with Crippen LogP contribution in [0, 0.1) is 0 Å². The number of rotatable bonds is 3. The van der Waals surface area contributed by atoms with E-state index in [2.05, 4.69) is 9.97 Å². The molecule has 0 aliphatic carbocycles. The smallest absolute Gasteiger partial charge is 0.222 e. The van der Waals surface area contributed by atoms with Crippen LogP contribution in [0.1, 0.15) is 0 Å². The first kappa shape index (κ1) is 14.3. The Hall–Kier alpha value is -2.67. The third kappa shape index (κ3) is 2.58. The van der Waals surface area contributed by atoms with E-state index in [-0.39, 0.29) is 11.8 Å². The number of nitrogens with zero attached hydrogens (tertiary/aromatic N) is 2. The van der Waals surface area contributed by atoms with E-state index in [1.54, 1.807) is 49.6 Å². The molecule has 1 aromatic heterocycles. The molecule has 1 atom stereocenters. The van der Waals surface area contributed by atoms with Gasteiger partial charge in [0.25, 0.3) is 0 Å². The van der Waals surface area contributed by atoms with Gasteiger partial charge in [-0.2, -0.15) is 4.98 Å². The highest BCUT2D eigenvalue weighted by molar-refractivity contribution is 7.85. The average Bonchev–Trinajstić information content (AvgIpc) is 2.54. The van der Waals surface area contributed by atoms with E-state index >= 15 is 0 Å². The predicted molar refractivity (Wildman–Crippen MR) is 86.0 cm³/mol. The molecule has 1 unspecified atom stereocenters. The van der Waals surface area contributed by atoms with Crippen LogP contribution in [0.15, 0.2) is 52.3 Å². The molecular formula is C15H14N4O2S. The minimum absolute atomic E-state index is 0.119. The fraction of sp³-hybridized carbons (Fsp3) is 0.0667. The van der Waals surface area contributed by atoms with Gasteiger partial charge in [-0.3, -0.25) is 0 Å². The van der Waals surface area contributed by atoms with Crippen LogP contribution < -0.4 is 16.2 Å². The van der Waals surface area contributed by atoms with Gasteiger partial charge in [0.05, 0.1) is 23.4 Å². The lowest BCUT2D eigenvalue weighted by Gasteiger charge is -2.07. The minimum Gasteiger partial charge on any atom is -0.497 e. The van der Waals surface area contributed by atoms with Gasteiger partial charge in [0.15, 0.2) is 0 Å². The van der Waals surface area contributed by atoms with Gasteiger partial charge in [-0.05, 0) is 42.5 Å². The summed E-state index contributed by atoms with van der Waals surface area (Å²) in [6, 6.07) is 12.3. The van der Waals surface area contributed by atoms with E-state index in [9.17, 15) is 4.21 Å². The van der Waals surface area contributed by atoms with Gasteiger partial charge in [-0.15, -0.1) is 0 Å². The van der Waals surface area contributed by atoms with Crippen molar-refractivity contribution in [1.29, 1.82) is 0 Å². The van der Waals surface area contributed by atoms with Crippen LogP contribution in [0.2, 0.25) is 0 Å². The second kappa shape index (κ2) is 5.61. The Morgan fingerprint density at radius 1 is 1.00 bits per heavy atom. The molecule has 0 amide bonds. The zero-order valence-electron chi connectivity index (χ0n) is 11.8. The second-order valence-corrected chi connectivity index (χ2v) is 6.07. The van der Waals surface area contributed by atoms with E-state index < -0.39 is 10.8 Å². The number of nitrogen functional groups attached to an aromatic ring is 2. The Morgan fingerprint density at radius 2 is 1.68 bits per heavy atom. The summed E-state index contributed by atoms with van der Waals surface area (Å²) in [5.41, 5.74) is 12.0. The highest BCUT2D eigenvalue weighted by atomic mass is 32.2. The molecule has 6 nitrogen and oxygen atoms in total. The maximum absolute atomic E-state index is 12.6. The van der Waals surface area contributed by atoms with Crippen molar-refractivity contribution in [3.63, 3.8) is 0 Å². The monoisotopic (exact) mass is 314 g/mol. The van der Waals surface area contributed by atoms with Crippen molar-refractivity contribution in [2.24, 2.45) is 0 Å². The van der Waals surface area contributed by atoms with Crippen molar-refractivity contribution < 1.29 is 8.95 Å². The van der Waals surface area contributed by atoms with Gasteiger partial charge in [-0.25, -0.2) is 9.19 Å². The van der Waals surface area contributed by atoms with Gasteiger partial charge in [0, 0.05) is 15.2 Å². The third-order valence-corrected chi connectivity index (χ3v) is 4.58. The predicted octanol–water partition coefficient (Wildman–Crippen LogP) is 1.97. The second-order valence-electron chi connectivity index (χ2n) is 4.59. The SMILES string of the molecule is COc1ccc(S(=O)c2ccc3nc(N)nc(N)c3c2)cc1. The van der Waals surface area contributed by atoms with E-state index in [4.69, 9.17) is 16.2 Å². The molecule has 2 aromatic carbocycles. The van der Waals surface area contributed by atoms with Crippen LogP contribution >= 0.6 is 0 Å². The lowest BCUT2D eigenvalue weighted by molar-refractivity contribution is 0.414. The Morgan fingerprint density at radius 3 is 2.36 bits per heavy atom. The summed E-state index contributed by atoms with van der Waals surface area (Å²) in [5.74, 6) is 1.11. The molecule has 0 bridgehead atoms. The Labute approximate surface area is 129 Å². The largest absolute Gasteiger partial charge is 0.497 e. The minimum atomic E-state index is -1.32. The first-order chi connectivity index (χ1) is 10.6. The van der Waals surface area contributed by atoms with Crippen molar-refractivity contribution in [2.45, 2.75) is 9.79 Å². The maximum Gasteiger partial charge on any atom is 0.222 e. The van der Waals surface area contributed by atoms with Crippen molar-refractivity contribution >= 4 is 33.5 Å². The standard InChI is InChI=1S/C15H14N4O2S/c1-21-9-2-4-10(5-3-9)22(20)11-6-7-13-12(8-11)14(16)19-15(17)18-13/h2-8H,1H3,(H4,16,17,18,19). The van der Waals surface area contributed by atoms with Gasteiger partial charge in [-0.1, -0.05) is 0 Å². The van der Waals surface area contributed by atoms with Crippen molar-refractivity contribution in [2.75, 3.05) is 18.6 Å². The molecule has 0 aliphatic rings. The summed E-state index contributed by atoms with van der Waals surface area (Å²) in [6.07, 6.45) is 0. The summed E-state index contributed by atoms with van der Waals surface area (Å²) in [5, 5.41) is 0.633. The number of fused-ring (bicyclic) bond motifs is 1. The number of benzene rings is 2. The van der Waals surface area contributed by atoms with Gasteiger partial charge < -0.3 is 16.2 Å². The van der Waals surface area contributed by atoms with Crippen LogP contribution in [0.5, 0.6) is 5.75 Å². The van der Waals surface area contributed by atoms with Gasteiger partial charge in [0.1, 0.15) is 11.6 Å². The van der Waals surface area contributed by atoms with Gasteiger partial charge >= 0.3 is 0 Å². The van der Waals surface area contributed by atoms with E-state index in [1.807, 2.05) is 0 Å². The molecule has 0 saturated heterocycles. The summed E-state index contributed by atoms with van der Waals surface area (Å²) >= 11 is 0. The number of hydrogen-bond donors (Lipinski definition) is 2. The first-order valence-corrected chi connectivity index (χ1v) is 7.62. The first-order valence-electron chi connectivity index (χ1n) is 6.47. The molecule has 112 valence electrons. The number of aromatic nitrogens is 2. The molecule has 0 fully saturated rings. The number of methoxy groups -OCH3 is 1. The lowest BCUT2D eigenvalue weighted by atomic mass is 10.2. The Kier molecular flexibility index (Phi) is 3.64. The molecule has 0 aliphatic heterocycles. The van der Waals surface area contributed by atoms with Crippen molar-refractivity contribution in [3.05, 3.63) is 42.5 Å². The van der Waals surface area contributed by atoms with Crippen LogP contribution in [0.25, 0.3) is 10.9 Å². The summed E-state index contributed by atoms with van der Waals surface area (Å²) in [6.45, 7) is 0. The fourth-order valence-electron chi connectivity index (χ4n) is 2.10. The molecule has 4 N–H and O–H groups in total. The fourth-order valence-corrected chi connectivity index (χ4v) is 3.17. The van der Waals surface area contributed by atoms with Gasteiger partial charge in [0.2, 0.25) is 5.95 Å². The Bertz CT molecular complexity index is 865. The normalized spacial score (nSPS) is 12.2. The van der Waals surface area contributed by atoms with Crippen LogP contribution in [0.4, 0.5) is 11.8 Å². The maximum atomic E-state index is 12.6.